The lowest BCUT2D eigenvalue weighted by Crippen LogP contribution is -2.19. The van der Waals surface area contributed by atoms with Gasteiger partial charge in [0.25, 0.3) is 0 Å². The Morgan fingerprint density at radius 2 is 1.62 bits per heavy atom. The monoisotopic (exact) mass is 213 g/mol. The Balaban J connectivity index is 2.35. The van der Waals surface area contributed by atoms with Gasteiger partial charge in [-0.05, 0) is 31.6 Å². The van der Waals surface area contributed by atoms with Gasteiger partial charge in [0.05, 0.1) is 0 Å². The Kier molecular flexibility index (Phi) is 2.65. The molecule has 1 aromatic carbocycles. The van der Waals surface area contributed by atoms with Crippen molar-refractivity contribution in [3.63, 3.8) is 0 Å². The van der Waals surface area contributed by atoms with Gasteiger partial charge in [-0.2, -0.15) is 0 Å². The van der Waals surface area contributed by atoms with Crippen LogP contribution in [0.15, 0.2) is 53.7 Å². The van der Waals surface area contributed by atoms with Crippen LogP contribution in [0.3, 0.4) is 0 Å². The zero-order valence-corrected chi connectivity index (χ0v) is 9.51. The lowest BCUT2D eigenvalue weighted by Gasteiger charge is -2.25. The van der Waals surface area contributed by atoms with Crippen LogP contribution < -0.4 is 0 Å². The summed E-state index contributed by atoms with van der Waals surface area (Å²) >= 11 is 0. The molecule has 0 aromatic heterocycles. The summed E-state index contributed by atoms with van der Waals surface area (Å²) in [4.78, 5) is 0. The number of nitrogens with zero attached hydrogens (tertiary/aromatic N) is 1. The van der Waals surface area contributed by atoms with Crippen molar-refractivity contribution < 1.29 is 5.21 Å². The minimum Gasteiger partial charge on any atom is -0.410 e. The first-order valence-electron chi connectivity index (χ1n) is 5.32. The lowest BCUT2D eigenvalue weighted by molar-refractivity contribution is 0.320. The number of hydrogen-bond donors (Lipinski definition) is 1. The third-order valence-corrected chi connectivity index (χ3v) is 2.99. The first-order valence-corrected chi connectivity index (χ1v) is 5.32. The van der Waals surface area contributed by atoms with E-state index in [2.05, 4.69) is 43.3 Å². The molecule has 0 bridgehead atoms. The predicted octanol–water partition coefficient (Wildman–Crippen LogP) is 3.21. The van der Waals surface area contributed by atoms with Gasteiger partial charge in [0.15, 0.2) is 0 Å². The molecule has 82 valence electrons. The van der Waals surface area contributed by atoms with E-state index in [4.69, 9.17) is 5.21 Å². The third-order valence-electron chi connectivity index (χ3n) is 2.99. The molecular formula is C14H15NO. The molecule has 0 spiro atoms. The van der Waals surface area contributed by atoms with Crippen LogP contribution in [0, 0.1) is 6.92 Å². The SMILES string of the molecule is Cc1ccc(C2(C)C=CC(=NO)C=C2)cc1. The Labute approximate surface area is 95.6 Å². The molecule has 0 amide bonds. The lowest BCUT2D eigenvalue weighted by atomic mass is 9.79. The van der Waals surface area contributed by atoms with Crippen LogP contribution in [-0.4, -0.2) is 10.9 Å². The maximum Gasteiger partial charge on any atom is 0.102 e. The fraction of sp³-hybridized carbons (Fsp3) is 0.214. The van der Waals surface area contributed by atoms with Crippen LogP contribution in [0.5, 0.6) is 0 Å². The summed E-state index contributed by atoms with van der Waals surface area (Å²) in [5, 5.41) is 11.8. The minimum atomic E-state index is -0.109. The molecular weight excluding hydrogens is 198 g/mol. The molecule has 2 heteroatoms. The van der Waals surface area contributed by atoms with Gasteiger partial charge >= 0.3 is 0 Å². The van der Waals surface area contributed by atoms with Crippen molar-refractivity contribution in [3.8, 4) is 0 Å². The second kappa shape index (κ2) is 3.97. The molecule has 1 aromatic rings. The van der Waals surface area contributed by atoms with Gasteiger partial charge in [-0.1, -0.05) is 47.1 Å². The van der Waals surface area contributed by atoms with Crippen LogP contribution in [0.2, 0.25) is 0 Å². The molecule has 2 nitrogen and oxygen atoms in total. The molecule has 0 saturated heterocycles. The van der Waals surface area contributed by atoms with Crippen molar-refractivity contribution in [3.05, 3.63) is 59.7 Å². The highest BCUT2D eigenvalue weighted by atomic mass is 16.4. The molecule has 16 heavy (non-hydrogen) atoms. The Morgan fingerprint density at radius 3 is 2.12 bits per heavy atom. The Morgan fingerprint density at radius 1 is 1.06 bits per heavy atom. The van der Waals surface area contributed by atoms with Crippen LogP contribution in [-0.2, 0) is 5.41 Å². The van der Waals surface area contributed by atoms with Crippen LogP contribution in [0.25, 0.3) is 0 Å². The Bertz CT molecular complexity index is 450. The van der Waals surface area contributed by atoms with E-state index in [-0.39, 0.29) is 5.41 Å². The van der Waals surface area contributed by atoms with Crippen molar-refractivity contribution in [2.24, 2.45) is 5.16 Å². The van der Waals surface area contributed by atoms with Crippen molar-refractivity contribution in [2.75, 3.05) is 0 Å². The molecule has 1 aliphatic carbocycles. The maximum atomic E-state index is 8.65. The topological polar surface area (TPSA) is 32.6 Å². The second-order valence-electron chi connectivity index (χ2n) is 4.34. The number of rotatable bonds is 1. The van der Waals surface area contributed by atoms with Gasteiger partial charge in [-0.3, -0.25) is 0 Å². The van der Waals surface area contributed by atoms with Crippen molar-refractivity contribution in [1.29, 1.82) is 0 Å². The van der Waals surface area contributed by atoms with E-state index in [1.807, 2.05) is 24.3 Å². The highest BCUT2D eigenvalue weighted by Crippen LogP contribution is 2.29. The fourth-order valence-corrected chi connectivity index (χ4v) is 1.80. The minimum absolute atomic E-state index is 0.109. The van der Waals surface area contributed by atoms with Gasteiger partial charge in [0.1, 0.15) is 5.71 Å². The van der Waals surface area contributed by atoms with Gasteiger partial charge in [-0.15, -0.1) is 0 Å². The number of aryl methyl sites for hydroxylation is 1. The number of hydrogen-bond acceptors (Lipinski definition) is 2. The summed E-state index contributed by atoms with van der Waals surface area (Å²) in [5.41, 5.74) is 2.97. The van der Waals surface area contributed by atoms with E-state index in [9.17, 15) is 0 Å². The van der Waals surface area contributed by atoms with Crippen LogP contribution >= 0.6 is 0 Å². The van der Waals surface area contributed by atoms with Gasteiger partial charge in [0.2, 0.25) is 0 Å². The quantitative estimate of drug-likeness (QED) is 0.564. The highest BCUT2D eigenvalue weighted by Gasteiger charge is 2.22. The first kappa shape index (κ1) is 10.7. The smallest absolute Gasteiger partial charge is 0.102 e. The second-order valence-corrected chi connectivity index (χ2v) is 4.34. The van der Waals surface area contributed by atoms with E-state index in [0.717, 1.165) is 0 Å². The third kappa shape index (κ3) is 1.91. The van der Waals surface area contributed by atoms with Crippen molar-refractivity contribution >= 4 is 5.71 Å². The summed E-state index contributed by atoms with van der Waals surface area (Å²) in [6, 6.07) is 8.48. The zero-order valence-electron chi connectivity index (χ0n) is 9.51. The zero-order chi connectivity index (χ0) is 11.6. The normalized spacial score (nSPS) is 23.5. The molecule has 1 N–H and O–H groups in total. The average molecular weight is 213 g/mol. The molecule has 0 saturated carbocycles. The van der Waals surface area contributed by atoms with E-state index in [1.54, 1.807) is 0 Å². The summed E-state index contributed by atoms with van der Waals surface area (Å²) in [7, 11) is 0. The molecule has 0 heterocycles. The summed E-state index contributed by atoms with van der Waals surface area (Å²) in [6.07, 6.45) is 7.76. The molecule has 0 fully saturated rings. The summed E-state index contributed by atoms with van der Waals surface area (Å²) in [6.45, 7) is 4.22. The molecule has 2 rings (SSSR count). The fourth-order valence-electron chi connectivity index (χ4n) is 1.80. The van der Waals surface area contributed by atoms with E-state index in [1.165, 1.54) is 11.1 Å². The predicted molar refractivity (Wildman–Crippen MR) is 66.0 cm³/mol. The van der Waals surface area contributed by atoms with E-state index >= 15 is 0 Å². The summed E-state index contributed by atoms with van der Waals surface area (Å²) in [5.74, 6) is 0. The van der Waals surface area contributed by atoms with Crippen LogP contribution in [0.4, 0.5) is 0 Å². The highest BCUT2D eigenvalue weighted by molar-refractivity contribution is 6.04. The van der Waals surface area contributed by atoms with Crippen molar-refractivity contribution in [1.82, 2.24) is 0 Å². The first-order chi connectivity index (χ1) is 7.64. The van der Waals surface area contributed by atoms with Crippen molar-refractivity contribution in [2.45, 2.75) is 19.3 Å². The molecule has 1 aliphatic rings. The molecule has 0 unspecified atom stereocenters. The van der Waals surface area contributed by atoms with E-state index < -0.39 is 0 Å². The average Bonchev–Trinajstić information content (AvgIpc) is 2.31. The van der Waals surface area contributed by atoms with Gasteiger partial charge in [-0.25, -0.2) is 0 Å². The van der Waals surface area contributed by atoms with E-state index in [0.29, 0.717) is 5.71 Å². The molecule has 0 aliphatic heterocycles. The Hall–Kier alpha value is -1.83. The largest absolute Gasteiger partial charge is 0.410 e. The van der Waals surface area contributed by atoms with Gasteiger partial charge < -0.3 is 5.21 Å². The van der Waals surface area contributed by atoms with Gasteiger partial charge in [0, 0.05) is 5.41 Å². The molecule has 0 atom stereocenters. The summed E-state index contributed by atoms with van der Waals surface area (Å²) < 4.78 is 0. The number of benzene rings is 1. The number of oxime groups is 1. The molecule has 0 radical (unpaired) electrons. The van der Waals surface area contributed by atoms with Crippen LogP contribution in [0.1, 0.15) is 18.1 Å². The number of allylic oxidation sites excluding steroid dienone is 4. The standard InChI is InChI=1S/C14H15NO/c1-11-3-5-12(6-4-11)14(2)9-7-13(15-16)8-10-14/h3-10,16H,1-2H3. The maximum absolute atomic E-state index is 8.65.